The maximum Gasteiger partial charge on any atom is 0.256 e. The van der Waals surface area contributed by atoms with E-state index in [0.717, 1.165) is 0 Å². The Bertz CT molecular complexity index is 391. The lowest BCUT2D eigenvalue weighted by atomic mass is 10.2. The number of rotatable bonds is 3. The summed E-state index contributed by atoms with van der Waals surface area (Å²) in [6.07, 6.45) is -0.214. The van der Waals surface area contributed by atoms with Gasteiger partial charge in [-0.1, -0.05) is 18.2 Å². The third-order valence-corrected chi connectivity index (χ3v) is 2.80. The monoisotopic (exact) mass is 249 g/mol. The molecule has 0 bridgehead atoms. The summed E-state index contributed by atoms with van der Waals surface area (Å²) in [5.74, 6) is 0.00421. The minimum atomic E-state index is -0.286. The molecule has 0 saturated carbocycles. The van der Waals surface area contributed by atoms with Crippen molar-refractivity contribution in [3.8, 4) is 0 Å². The average Bonchev–Trinajstić information content (AvgIpc) is 2.39. The van der Waals surface area contributed by atoms with Gasteiger partial charge in [-0.25, -0.2) is 0 Å². The van der Waals surface area contributed by atoms with Gasteiger partial charge in [-0.15, -0.1) is 0 Å². The van der Waals surface area contributed by atoms with Crippen LogP contribution in [0.4, 0.5) is 0 Å². The van der Waals surface area contributed by atoms with Crippen molar-refractivity contribution in [3.05, 3.63) is 35.9 Å². The Morgan fingerprint density at radius 2 is 2.11 bits per heavy atom. The Balaban J connectivity index is 2.11. The highest BCUT2D eigenvalue weighted by atomic mass is 16.6. The van der Waals surface area contributed by atoms with Gasteiger partial charge in [-0.2, -0.15) is 0 Å². The summed E-state index contributed by atoms with van der Waals surface area (Å²) in [7, 11) is 0. The number of amides is 1. The van der Waals surface area contributed by atoms with E-state index >= 15 is 0 Å². The Hall–Kier alpha value is -1.39. The molecule has 0 aliphatic carbocycles. The summed E-state index contributed by atoms with van der Waals surface area (Å²) in [5.41, 5.74) is 0.691. The van der Waals surface area contributed by atoms with E-state index in [1.165, 1.54) is 0 Å². The second kappa shape index (κ2) is 5.98. The van der Waals surface area contributed by atoms with Crippen molar-refractivity contribution in [3.63, 3.8) is 0 Å². The van der Waals surface area contributed by atoms with Crippen molar-refractivity contribution < 1.29 is 14.3 Å². The predicted octanol–water partition coefficient (Wildman–Crippen LogP) is 1.91. The molecule has 0 spiro atoms. The van der Waals surface area contributed by atoms with E-state index in [-0.39, 0.29) is 18.2 Å². The van der Waals surface area contributed by atoms with Crippen molar-refractivity contribution in [1.29, 1.82) is 0 Å². The Kier molecular flexibility index (Phi) is 4.33. The zero-order chi connectivity index (χ0) is 13.0. The molecule has 1 aliphatic heterocycles. The molecule has 0 aromatic heterocycles. The van der Waals surface area contributed by atoms with Gasteiger partial charge in [-0.05, 0) is 26.0 Å². The summed E-state index contributed by atoms with van der Waals surface area (Å²) < 4.78 is 11.1. The molecule has 1 aliphatic rings. The van der Waals surface area contributed by atoms with E-state index < -0.39 is 0 Å². The van der Waals surface area contributed by atoms with E-state index in [4.69, 9.17) is 9.47 Å². The number of ether oxygens (including phenoxy) is 2. The van der Waals surface area contributed by atoms with E-state index in [1.54, 1.807) is 4.90 Å². The van der Waals surface area contributed by atoms with E-state index in [2.05, 4.69) is 0 Å². The SMILES string of the molecule is CC(C)OC1COCCN1C(=O)c1ccccc1. The summed E-state index contributed by atoms with van der Waals surface area (Å²) >= 11 is 0. The van der Waals surface area contributed by atoms with Gasteiger partial charge in [0.15, 0.2) is 6.23 Å². The van der Waals surface area contributed by atoms with Gasteiger partial charge in [0.2, 0.25) is 0 Å². The van der Waals surface area contributed by atoms with Crippen molar-refractivity contribution in [2.24, 2.45) is 0 Å². The van der Waals surface area contributed by atoms with Crippen molar-refractivity contribution >= 4 is 5.91 Å². The zero-order valence-corrected chi connectivity index (χ0v) is 10.8. The second-order valence-corrected chi connectivity index (χ2v) is 4.58. The Labute approximate surface area is 107 Å². The van der Waals surface area contributed by atoms with Crippen molar-refractivity contribution in [2.45, 2.75) is 26.2 Å². The van der Waals surface area contributed by atoms with Crippen LogP contribution < -0.4 is 0 Å². The fourth-order valence-corrected chi connectivity index (χ4v) is 1.99. The van der Waals surface area contributed by atoms with Gasteiger partial charge in [0.25, 0.3) is 5.91 Å². The first-order chi connectivity index (χ1) is 8.68. The first-order valence-corrected chi connectivity index (χ1v) is 6.27. The molecule has 18 heavy (non-hydrogen) atoms. The maximum absolute atomic E-state index is 12.4. The number of hydrogen-bond acceptors (Lipinski definition) is 3. The maximum atomic E-state index is 12.4. The highest BCUT2D eigenvalue weighted by Crippen LogP contribution is 2.14. The van der Waals surface area contributed by atoms with Crippen LogP contribution >= 0.6 is 0 Å². The van der Waals surface area contributed by atoms with Crippen LogP contribution in [-0.2, 0) is 9.47 Å². The van der Waals surface area contributed by atoms with Crippen LogP contribution in [0.1, 0.15) is 24.2 Å². The van der Waals surface area contributed by atoms with Gasteiger partial charge < -0.3 is 14.4 Å². The lowest BCUT2D eigenvalue weighted by molar-refractivity contribution is -0.140. The summed E-state index contributed by atoms with van der Waals surface area (Å²) in [4.78, 5) is 14.1. The molecule has 98 valence electrons. The molecule has 0 N–H and O–H groups in total. The third-order valence-electron chi connectivity index (χ3n) is 2.80. The quantitative estimate of drug-likeness (QED) is 0.821. The molecular formula is C14H19NO3. The van der Waals surface area contributed by atoms with Crippen LogP contribution in [0.2, 0.25) is 0 Å². The number of morpholine rings is 1. The minimum absolute atomic E-state index is 0.00421. The van der Waals surface area contributed by atoms with Gasteiger partial charge in [0, 0.05) is 12.1 Å². The molecule has 1 unspecified atom stereocenters. The van der Waals surface area contributed by atoms with E-state index in [1.807, 2.05) is 44.2 Å². The molecule has 4 nitrogen and oxygen atoms in total. The largest absolute Gasteiger partial charge is 0.375 e. The van der Waals surface area contributed by atoms with E-state index in [9.17, 15) is 4.79 Å². The number of benzene rings is 1. The van der Waals surface area contributed by atoms with Gasteiger partial charge in [0.1, 0.15) is 0 Å². The molecule has 1 saturated heterocycles. The lowest BCUT2D eigenvalue weighted by Gasteiger charge is -2.36. The molecule has 1 heterocycles. The summed E-state index contributed by atoms with van der Waals surface area (Å²) in [6.45, 7) is 5.50. The minimum Gasteiger partial charge on any atom is -0.375 e. The smallest absolute Gasteiger partial charge is 0.256 e. The number of carbonyl (C=O) groups excluding carboxylic acids is 1. The number of nitrogens with zero attached hydrogens (tertiary/aromatic N) is 1. The molecule has 2 rings (SSSR count). The zero-order valence-electron chi connectivity index (χ0n) is 10.8. The molecule has 1 fully saturated rings. The molecule has 4 heteroatoms. The van der Waals surface area contributed by atoms with E-state index in [0.29, 0.717) is 25.3 Å². The van der Waals surface area contributed by atoms with Crippen LogP contribution in [0, 0.1) is 0 Å². The van der Waals surface area contributed by atoms with Crippen LogP contribution in [0.25, 0.3) is 0 Å². The summed E-state index contributed by atoms with van der Waals surface area (Å²) in [5, 5.41) is 0. The van der Waals surface area contributed by atoms with Gasteiger partial charge >= 0.3 is 0 Å². The van der Waals surface area contributed by atoms with Crippen LogP contribution in [0.15, 0.2) is 30.3 Å². The van der Waals surface area contributed by atoms with Crippen LogP contribution in [0.3, 0.4) is 0 Å². The molecular weight excluding hydrogens is 230 g/mol. The average molecular weight is 249 g/mol. The topological polar surface area (TPSA) is 38.8 Å². The first-order valence-electron chi connectivity index (χ1n) is 6.27. The van der Waals surface area contributed by atoms with Gasteiger partial charge in [0.05, 0.1) is 19.3 Å². The van der Waals surface area contributed by atoms with Crippen LogP contribution in [-0.4, -0.2) is 42.9 Å². The van der Waals surface area contributed by atoms with Gasteiger partial charge in [-0.3, -0.25) is 4.79 Å². The molecule has 1 atom stereocenters. The highest BCUT2D eigenvalue weighted by molar-refractivity contribution is 5.94. The Morgan fingerprint density at radius 1 is 1.39 bits per heavy atom. The van der Waals surface area contributed by atoms with Crippen LogP contribution in [0.5, 0.6) is 0 Å². The molecule has 1 amide bonds. The lowest BCUT2D eigenvalue weighted by Crippen LogP contribution is -2.50. The highest BCUT2D eigenvalue weighted by Gasteiger charge is 2.29. The first kappa shape index (κ1) is 13.1. The molecule has 1 aromatic carbocycles. The fourth-order valence-electron chi connectivity index (χ4n) is 1.99. The second-order valence-electron chi connectivity index (χ2n) is 4.58. The Morgan fingerprint density at radius 3 is 2.78 bits per heavy atom. The van der Waals surface area contributed by atoms with Crippen molar-refractivity contribution in [1.82, 2.24) is 4.90 Å². The summed E-state index contributed by atoms with van der Waals surface area (Å²) in [6, 6.07) is 9.28. The number of carbonyl (C=O) groups is 1. The normalized spacial score (nSPS) is 20.2. The van der Waals surface area contributed by atoms with Crippen molar-refractivity contribution in [2.75, 3.05) is 19.8 Å². The number of hydrogen-bond donors (Lipinski definition) is 0. The third kappa shape index (κ3) is 3.09. The molecule has 1 aromatic rings. The predicted molar refractivity (Wildman–Crippen MR) is 68.3 cm³/mol. The molecule has 0 radical (unpaired) electrons. The standard InChI is InChI=1S/C14H19NO3/c1-11(2)18-13-10-17-9-8-15(13)14(16)12-6-4-3-5-7-12/h3-7,11,13H,8-10H2,1-2H3. The fraction of sp³-hybridized carbons (Fsp3) is 0.500.